The summed E-state index contributed by atoms with van der Waals surface area (Å²) in [7, 11) is 0. The Bertz CT molecular complexity index is 381. The smallest absolute Gasteiger partial charge is 0.303 e. The SMILES string of the molecule is CC1CCC(C)N1C(C)C(=O)N1CCC(CC(=O)O)CC1. The normalized spacial score (nSPS) is 29.6. The Morgan fingerprint density at radius 2 is 1.62 bits per heavy atom. The van der Waals surface area contributed by atoms with Crippen molar-refractivity contribution in [2.75, 3.05) is 13.1 Å². The Labute approximate surface area is 127 Å². The zero-order valence-electron chi connectivity index (χ0n) is 13.4. The molecular formula is C16H28N2O3. The van der Waals surface area contributed by atoms with Gasteiger partial charge in [0, 0.05) is 31.6 Å². The lowest BCUT2D eigenvalue weighted by atomic mass is 9.93. The highest BCUT2D eigenvalue weighted by Crippen LogP contribution is 2.28. The minimum Gasteiger partial charge on any atom is -0.481 e. The molecule has 0 saturated carbocycles. The van der Waals surface area contributed by atoms with E-state index in [-0.39, 0.29) is 24.3 Å². The van der Waals surface area contributed by atoms with Crippen molar-refractivity contribution in [1.82, 2.24) is 9.80 Å². The van der Waals surface area contributed by atoms with Gasteiger partial charge >= 0.3 is 5.97 Å². The summed E-state index contributed by atoms with van der Waals surface area (Å²) in [4.78, 5) is 27.7. The molecule has 2 saturated heterocycles. The third-order valence-corrected chi connectivity index (χ3v) is 5.21. The standard InChI is InChI=1S/C16H28N2O3/c1-11-4-5-12(2)18(11)13(3)16(21)17-8-6-14(7-9-17)10-15(19)20/h11-14H,4-10H2,1-3H3,(H,19,20). The van der Waals surface area contributed by atoms with E-state index >= 15 is 0 Å². The topological polar surface area (TPSA) is 60.9 Å². The number of aliphatic carboxylic acids is 1. The molecule has 5 heteroatoms. The van der Waals surface area contributed by atoms with E-state index in [1.807, 2.05) is 11.8 Å². The molecule has 3 unspecified atom stereocenters. The summed E-state index contributed by atoms with van der Waals surface area (Å²) in [5, 5.41) is 8.84. The number of hydrogen-bond acceptors (Lipinski definition) is 3. The second kappa shape index (κ2) is 6.77. The Kier molecular flexibility index (Phi) is 5.25. The summed E-state index contributed by atoms with van der Waals surface area (Å²) < 4.78 is 0. The molecule has 5 nitrogen and oxygen atoms in total. The fourth-order valence-electron chi connectivity index (χ4n) is 3.97. The number of likely N-dealkylation sites (tertiary alicyclic amines) is 2. The van der Waals surface area contributed by atoms with E-state index in [9.17, 15) is 9.59 Å². The maximum Gasteiger partial charge on any atom is 0.303 e. The van der Waals surface area contributed by atoms with Crippen molar-refractivity contribution < 1.29 is 14.7 Å². The first kappa shape index (κ1) is 16.3. The number of carboxylic acid groups (broad SMARTS) is 1. The summed E-state index contributed by atoms with van der Waals surface area (Å²) in [6, 6.07) is 0.889. The number of nitrogens with zero attached hydrogens (tertiary/aromatic N) is 2. The van der Waals surface area contributed by atoms with Gasteiger partial charge in [0.15, 0.2) is 0 Å². The predicted octanol–water partition coefficient (Wildman–Crippen LogP) is 1.96. The largest absolute Gasteiger partial charge is 0.481 e. The molecule has 120 valence electrons. The monoisotopic (exact) mass is 296 g/mol. The molecule has 2 rings (SSSR count). The van der Waals surface area contributed by atoms with Crippen LogP contribution < -0.4 is 0 Å². The van der Waals surface area contributed by atoms with Gasteiger partial charge < -0.3 is 10.0 Å². The lowest BCUT2D eigenvalue weighted by molar-refractivity contribution is -0.140. The first-order chi connectivity index (χ1) is 9.90. The van der Waals surface area contributed by atoms with Gasteiger partial charge in [0.25, 0.3) is 0 Å². The Balaban J connectivity index is 1.88. The second-order valence-electron chi connectivity index (χ2n) is 6.77. The summed E-state index contributed by atoms with van der Waals surface area (Å²) in [6.07, 6.45) is 4.20. The summed E-state index contributed by atoms with van der Waals surface area (Å²) in [5.41, 5.74) is 0. The molecule has 0 aromatic rings. The van der Waals surface area contributed by atoms with E-state index in [1.54, 1.807) is 0 Å². The van der Waals surface area contributed by atoms with Gasteiger partial charge in [-0.3, -0.25) is 14.5 Å². The van der Waals surface area contributed by atoms with Crippen LogP contribution in [0.2, 0.25) is 0 Å². The van der Waals surface area contributed by atoms with Gasteiger partial charge in [-0.2, -0.15) is 0 Å². The van der Waals surface area contributed by atoms with Crippen molar-refractivity contribution >= 4 is 11.9 Å². The van der Waals surface area contributed by atoms with Crippen molar-refractivity contribution in [3.05, 3.63) is 0 Å². The molecule has 0 spiro atoms. The molecule has 2 heterocycles. The third kappa shape index (κ3) is 3.76. The van der Waals surface area contributed by atoms with E-state index in [0.717, 1.165) is 12.8 Å². The van der Waals surface area contributed by atoms with Gasteiger partial charge in [-0.1, -0.05) is 0 Å². The fourth-order valence-corrected chi connectivity index (χ4v) is 3.97. The fraction of sp³-hybridized carbons (Fsp3) is 0.875. The third-order valence-electron chi connectivity index (χ3n) is 5.21. The van der Waals surface area contributed by atoms with Crippen LogP contribution in [0.3, 0.4) is 0 Å². The number of piperidine rings is 1. The minimum absolute atomic E-state index is 0.0616. The Hall–Kier alpha value is -1.10. The van der Waals surface area contributed by atoms with Crippen molar-refractivity contribution in [3.63, 3.8) is 0 Å². The van der Waals surface area contributed by atoms with Crippen LogP contribution >= 0.6 is 0 Å². The zero-order valence-corrected chi connectivity index (χ0v) is 13.4. The van der Waals surface area contributed by atoms with E-state index in [4.69, 9.17) is 5.11 Å². The molecule has 0 aromatic carbocycles. The molecule has 3 atom stereocenters. The van der Waals surface area contributed by atoms with Crippen LogP contribution in [0.25, 0.3) is 0 Å². The number of amides is 1. The van der Waals surface area contributed by atoms with Crippen molar-refractivity contribution in [1.29, 1.82) is 0 Å². The van der Waals surface area contributed by atoms with Crippen LogP contribution in [-0.2, 0) is 9.59 Å². The molecule has 2 aliphatic rings. The van der Waals surface area contributed by atoms with Crippen LogP contribution in [0.1, 0.15) is 52.9 Å². The number of carbonyl (C=O) groups excluding carboxylic acids is 1. The van der Waals surface area contributed by atoms with Crippen molar-refractivity contribution in [2.45, 2.75) is 71.0 Å². The molecule has 0 aliphatic carbocycles. The van der Waals surface area contributed by atoms with E-state index in [2.05, 4.69) is 18.7 Å². The predicted molar refractivity (Wildman–Crippen MR) is 81.0 cm³/mol. The van der Waals surface area contributed by atoms with Gasteiger partial charge in [-0.15, -0.1) is 0 Å². The lowest BCUT2D eigenvalue weighted by Crippen LogP contribution is -2.52. The van der Waals surface area contributed by atoms with Gasteiger partial charge in [-0.25, -0.2) is 0 Å². The highest BCUT2D eigenvalue weighted by atomic mass is 16.4. The quantitative estimate of drug-likeness (QED) is 0.861. The van der Waals surface area contributed by atoms with Crippen LogP contribution in [0.5, 0.6) is 0 Å². The van der Waals surface area contributed by atoms with Crippen LogP contribution in [0, 0.1) is 5.92 Å². The lowest BCUT2D eigenvalue weighted by Gasteiger charge is -2.38. The highest BCUT2D eigenvalue weighted by molar-refractivity contribution is 5.81. The van der Waals surface area contributed by atoms with Crippen LogP contribution in [-0.4, -0.2) is 58.0 Å². The molecule has 0 aromatic heterocycles. The van der Waals surface area contributed by atoms with E-state index < -0.39 is 5.97 Å². The summed E-state index contributed by atoms with van der Waals surface area (Å²) in [5.74, 6) is -0.288. The van der Waals surface area contributed by atoms with E-state index in [1.165, 1.54) is 12.8 Å². The summed E-state index contributed by atoms with van der Waals surface area (Å²) in [6.45, 7) is 7.83. The first-order valence-corrected chi connectivity index (χ1v) is 8.18. The van der Waals surface area contributed by atoms with E-state index in [0.29, 0.717) is 25.2 Å². The second-order valence-corrected chi connectivity index (χ2v) is 6.77. The van der Waals surface area contributed by atoms with Gasteiger partial charge in [0.05, 0.1) is 6.04 Å². The Morgan fingerprint density at radius 1 is 1.10 bits per heavy atom. The molecule has 2 aliphatic heterocycles. The first-order valence-electron chi connectivity index (χ1n) is 8.18. The molecule has 0 bridgehead atoms. The summed E-state index contributed by atoms with van der Waals surface area (Å²) >= 11 is 0. The number of carbonyl (C=O) groups is 2. The maximum atomic E-state index is 12.7. The van der Waals surface area contributed by atoms with Gasteiger partial charge in [-0.05, 0) is 52.4 Å². The Morgan fingerprint density at radius 3 is 2.10 bits per heavy atom. The maximum absolute atomic E-state index is 12.7. The number of carboxylic acids is 1. The molecular weight excluding hydrogens is 268 g/mol. The molecule has 2 fully saturated rings. The van der Waals surface area contributed by atoms with Crippen molar-refractivity contribution in [2.24, 2.45) is 5.92 Å². The van der Waals surface area contributed by atoms with Crippen LogP contribution in [0.4, 0.5) is 0 Å². The average Bonchev–Trinajstić information content (AvgIpc) is 2.77. The molecule has 21 heavy (non-hydrogen) atoms. The average molecular weight is 296 g/mol. The van der Waals surface area contributed by atoms with Crippen molar-refractivity contribution in [3.8, 4) is 0 Å². The van der Waals surface area contributed by atoms with Gasteiger partial charge in [0.1, 0.15) is 0 Å². The highest BCUT2D eigenvalue weighted by Gasteiger charge is 2.36. The molecule has 1 amide bonds. The van der Waals surface area contributed by atoms with Crippen LogP contribution in [0.15, 0.2) is 0 Å². The number of hydrogen-bond donors (Lipinski definition) is 1. The van der Waals surface area contributed by atoms with Gasteiger partial charge in [0.2, 0.25) is 5.91 Å². The zero-order chi connectivity index (χ0) is 15.6. The minimum atomic E-state index is -0.729. The molecule has 1 N–H and O–H groups in total. The molecule has 0 radical (unpaired) electrons. The number of rotatable bonds is 4.